The van der Waals surface area contributed by atoms with Gasteiger partial charge < -0.3 is 14.8 Å². The van der Waals surface area contributed by atoms with Crippen LogP contribution in [0.1, 0.15) is 46.0 Å². The van der Waals surface area contributed by atoms with Gasteiger partial charge in [0.15, 0.2) is 6.29 Å². The maximum absolute atomic E-state index is 5.55. The van der Waals surface area contributed by atoms with Crippen LogP contribution in [0, 0.1) is 17.8 Å². The summed E-state index contributed by atoms with van der Waals surface area (Å²) in [6.45, 7) is 7.74. The van der Waals surface area contributed by atoms with Gasteiger partial charge in [-0.25, -0.2) is 0 Å². The Balaban J connectivity index is 1.55. The zero-order valence-electron chi connectivity index (χ0n) is 12.0. The molecule has 0 saturated heterocycles. The summed E-state index contributed by atoms with van der Waals surface area (Å²) in [5.41, 5.74) is 0. The van der Waals surface area contributed by atoms with Gasteiger partial charge in [-0.2, -0.15) is 0 Å². The Morgan fingerprint density at radius 3 is 2.00 bits per heavy atom. The van der Waals surface area contributed by atoms with Crippen LogP contribution < -0.4 is 5.32 Å². The first-order valence-electron chi connectivity index (χ1n) is 7.79. The summed E-state index contributed by atoms with van der Waals surface area (Å²) < 4.78 is 11.1. The number of nitrogens with one attached hydrogen (secondary N) is 1. The Labute approximate surface area is 112 Å². The van der Waals surface area contributed by atoms with E-state index in [0.29, 0.717) is 0 Å². The average molecular weight is 255 g/mol. The minimum atomic E-state index is -0.0206. The fourth-order valence-electron chi connectivity index (χ4n) is 2.84. The predicted molar refractivity (Wildman–Crippen MR) is 73.5 cm³/mol. The van der Waals surface area contributed by atoms with Gasteiger partial charge in [-0.15, -0.1) is 0 Å². The van der Waals surface area contributed by atoms with Gasteiger partial charge >= 0.3 is 0 Å². The quantitative estimate of drug-likeness (QED) is 0.455. The van der Waals surface area contributed by atoms with E-state index < -0.39 is 0 Å². The molecule has 0 aromatic heterocycles. The standard InChI is InChI=1S/C15H29NO2/c1-3-17-15(18-4-2)9-10-16-11-14(12-5-6-12)13-7-8-13/h12-16H,3-11H2,1-2H3. The third-order valence-electron chi connectivity index (χ3n) is 4.10. The molecule has 106 valence electrons. The van der Waals surface area contributed by atoms with Crippen molar-refractivity contribution in [3.63, 3.8) is 0 Å². The largest absolute Gasteiger partial charge is 0.353 e. The van der Waals surface area contributed by atoms with Gasteiger partial charge in [0.1, 0.15) is 0 Å². The fourth-order valence-corrected chi connectivity index (χ4v) is 2.84. The number of ether oxygens (including phenoxy) is 2. The van der Waals surface area contributed by atoms with Crippen molar-refractivity contribution in [3.8, 4) is 0 Å². The summed E-state index contributed by atoms with van der Waals surface area (Å²) in [4.78, 5) is 0. The van der Waals surface area contributed by atoms with E-state index in [1.807, 2.05) is 13.8 Å². The summed E-state index contributed by atoms with van der Waals surface area (Å²) in [6.07, 6.45) is 6.84. The van der Waals surface area contributed by atoms with Crippen molar-refractivity contribution >= 4 is 0 Å². The van der Waals surface area contributed by atoms with Gasteiger partial charge in [-0.1, -0.05) is 0 Å². The molecule has 2 aliphatic rings. The minimum absolute atomic E-state index is 0.0206. The molecule has 0 aromatic rings. The molecule has 0 spiro atoms. The SMILES string of the molecule is CCOC(CCNCC(C1CC1)C1CC1)OCC. The van der Waals surface area contributed by atoms with Crippen LogP contribution in [0.5, 0.6) is 0 Å². The van der Waals surface area contributed by atoms with Crippen molar-refractivity contribution in [2.45, 2.75) is 52.2 Å². The Morgan fingerprint density at radius 2 is 1.56 bits per heavy atom. The first-order valence-corrected chi connectivity index (χ1v) is 7.79. The first-order chi connectivity index (χ1) is 8.85. The second-order valence-corrected chi connectivity index (χ2v) is 5.67. The molecule has 2 aliphatic carbocycles. The molecular formula is C15H29NO2. The molecule has 2 saturated carbocycles. The highest BCUT2D eigenvalue weighted by Gasteiger charge is 2.40. The number of rotatable bonds is 11. The lowest BCUT2D eigenvalue weighted by Crippen LogP contribution is -2.30. The van der Waals surface area contributed by atoms with Gasteiger partial charge in [0, 0.05) is 19.6 Å². The van der Waals surface area contributed by atoms with Crippen LogP contribution in [-0.4, -0.2) is 32.6 Å². The normalized spacial score (nSPS) is 20.0. The molecule has 0 radical (unpaired) electrons. The Hall–Kier alpha value is -0.120. The van der Waals surface area contributed by atoms with Crippen molar-refractivity contribution < 1.29 is 9.47 Å². The summed E-state index contributed by atoms with van der Waals surface area (Å²) in [7, 11) is 0. The third-order valence-corrected chi connectivity index (χ3v) is 4.10. The van der Waals surface area contributed by atoms with Gasteiger partial charge in [-0.3, -0.25) is 0 Å². The first kappa shape index (κ1) is 14.3. The molecular weight excluding hydrogens is 226 g/mol. The molecule has 0 aromatic carbocycles. The van der Waals surface area contributed by atoms with Crippen LogP contribution in [0.3, 0.4) is 0 Å². The molecule has 3 nitrogen and oxygen atoms in total. The van der Waals surface area contributed by atoms with E-state index in [1.165, 1.54) is 32.2 Å². The molecule has 18 heavy (non-hydrogen) atoms. The smallest absolute Gasteiger partial charge is 0.158 e. The zero-order valence-corrected chi connectivity index (χ0v) is 12.0. The number of hydrogen-bond acceptors (Lipinski definition) is 3. The third kappa shape index (κ3) is 4.87. The molecule has 0 aliphatic heterocycles. The van der Waals surface area contributed by atoms with Gasteiger partial charge in [-0.05, 0) is 70.4 Å². The monoisotopic (exact) mass is 255 g/mol. The Morgan fingerprint density at radius 1 is 1.00 bits per heavy atom. The van der Waals surface area contributed by atoms with E-state index in [9.17, 15) is 0 Å². The summed E-state index contributed by atoms with van der Waals surface area (Å²) in [6, 6.07) is 0. The van der Waals surface area contributed by atoms with Crippen molar-refractivity contribution in [1.29, 1.82) is 0 Å². The van der Waals surface area contributed by atoms with Crippen LogP contribution in [0.2, 0.25) is 0 Å². The van der Waals surface area contributed by atoms with Crippen LogP contribution in [0.4, 0.5) is 0 Å². The van der Waals surface area contributed by atoms with Gasteiger partial charge in [0.05, 0.1) is 0 Å². The zero-order chi connectivity index (χ0) is 12.8. The van der Waals surface area contributed by atoms with Gasteiger partial charge in [0.25, 0.3) is 0 Å². The lowest BCUT2D eigenvalue weighted by Gasteiger charge is -2.19. The molecule has 0 bridgehead atoms. The molecule has 0 amide bonds. The maximum Gasteiger partial charge on any atom is 0.158 e. The van der Waals surface area contributed by atoms with E-state index >= 15 is 0 Å². The predicted octanol–water partition coefficient (Wildman–Crippen LogP) is 2.80. The summed E-state index contributed by atoms with van der Waals surface area (Å²) in [5.74, 6) is 3.04. The van der Waals surface area contributed by atoms with Crippen molar-refractivity contribution in [1.82, 2.24) is 5.32 Å². The second kappa shape index (κ2) is 7.46. The van der Waals surface area contributed by atoms with Gasteiger partial charge in [0.2, 0.25) is 0 Å². The van der Waals surface area contributed by atoms with Crippen LogP contribution in [0.25, 0.3) is 0 Å². The molecule has 3 heteroatoms. The molecule has 2 fully saturated rings. The maximum atomic E-state index is 5.55. The van der Waals surface area contributed by atoms with Crippen LogP contribution in [0.15, 0.2) is 0 Å². The van der Waals surface area contributed by atoms with E-state index in [2.05, 4.69) is 5.32 Å². The number of hydrogen-bond donors (Lipinski definition) is 1. The van der Waals surface area contributed by atoms with Crippen molar-refractivity contribution in [2.24, 2.45) is 17.8 Å². The molecule has 1 N–H and O–H groups in total. The average Bonchev–Trinajstić information content (AvgIpc) is 3.23. The van der Waals surface area contributed by atoms with E-state index in [4.69, 9.17) is 9.47 Å². The highest BCUT2D eigenvalue weighted by molar-refractivity contribution is 4.92. The lowest BCUT2D eigenvalue weighted by atomic mass is 9.98. The topological polar surface area (TPSA) is 30.5 Å². The van der Waals surface area contributed by atoms with E-state index in [0.717, 1.165) is 43.9 Å². The highest BCUT2D eigenvalue weighted by Crippen LogP contribution is 2.48. The summed E-state index contributed by atoms with van der Waals surface area (Å²) in [5, 5.41) is 3.62. The highest BCUT2D eigenvalue weighted by atomic mass is 16.7. The Kier molecular flexibility index (Phi) is 5.93. The molecule has 0 heterocycles. The van der Waals surface area contributed by atoms with E-state index in [-0.39, 0.29) is 6.29 Å². The fraction of sp³-hybridized carbons (Fsp3) is 1.00. The Bertz CT molecular complexity index is 209. The van der Waals surface area contributed by atoms with Crippen LogP contribution in [-0.2, 0) is 9.47 Å². The van der Waals surface area contributed by atoms with Crippen molar-refractivity contribution in [2.75, 3.05) is 26.3 Å². The van der Waals surface area contributed by atoms with Crippen molar-refractivity contribution in [3.05, 3.63) is 0 Å². The van der Waals surface area contributed by atoms with E-state index in [1.54, 1.807) is 0 Å². The second-order valence-electron chi connectivity index (χ2n) is 5.67. The lowest BCUT2D eigenvalue weighted by molar-refractivity contribution is -0.138. The minimum Gasteiger partial charge on any atom is -0.353 e. The molecule has 2 rings (SSSR count). The molecule has 0 unspecified atom stereocenters. The van der Waals surface area contributed by atoms with Crippen LogP contribution >= 0.6 is 0 Å². The molecule has 0 atom stereocenters. The summed E-state index contributed by atoms with van der Waals surface area (Å²) >= 11 is 0.